The number of methoxy groups -OCH3 is 1. The van der Waals surface area contributed by atoms with E-state index in [0.717, 1.165) is 39.5 Å². The van der Waals surface area contributed by atoms with Gasteiger partial charge in [-0.2, -0.15) is 5.10 Å². The Morgan fingerprint density at radius 2 is 1.91 bits per heavy atom. The molecule has 1 amide bonds. The van der Waals surface area contributed by atoms with Gasteiger partial charge in [0.1, 0.15) is 12.0 Å². The number of amides is 1. The molecule has 1 aliphatic heterocycles. The molecule has 0 saturated heterocycles. The summed E-state index contributed by atoms with van der Waals surface area (Å²) in [6, 6.07) is 17.4. The normalized spacial score (nSPS) is 15.7. The average Bonchev–Trinajstić information content (AvgIpc) is 3.52. The molecule has 0 bridgehead atoms. The van der Waals surface area contributed by atoms with Crippen LogP contribution < -0.4 is 9.64 Å². The van der Waals surface area contributed by atoms with Crippen LogP contribution >= 0.6 is 0 Å². The van der Waals surface area contributed by atoms with E-state index >= 15 is 0 Å². The van der Waals surface area contributed by atoms with E-state index < -0.39 is 0 Å². The molecular formula is C26H26N4O3. The number of rotatable bonds is 5. The molecule has 0 saturated carbocycles. The van der Waals surface area contributed by atoms with Crippen molar-refractivity contribution in [3.05, 3.63) is 94.6 Å². The van der Waals surface area contributed by atoms with E-state index in [1.54, 1.807) is 13.4 Å². The first-order chi connectivity index (χ1) is 15.9. The maximum absolute atomic E-state index is 13.6. The number of aromatic nitrogens is 3. The summed E-state index contributed by atoms with van der Waals surface area (Å²) < 4.78 is 10.4. The van der Waals surface area contributed by atoms with Gasteiger partial charge in [0.2, 0.25) is 0 Å². The first-order valence-electron chi connectivity index (χ1n) is 10.9. The Morgan fingerprint density at radius 1 is 1.12 bits per heavy atom. The highest BCUT2D eigenvalue weighted by Crippen LogP contribution is 2.45. The van der Waals surface area contributed by atoms with Gasteiger partial charge < -0.3 is 9.26 Å². The largest absolute Gasteiger partial charge is 0.497 e. The maximum atomic E-state index is 13.6. The van der Waals surface area contributed by atoms with Gasteiger partial charge in [0, 0.05) is 34.8 Å². The van der Waals surface area contributed by atoms with Crippen molar-refractivity contribution in [1.29, 1.82) is 0 Å². The summed E-state index contributed by atoms with van der Waals surface area (Å²) in [7, 11) is 1.65. The van der Waals surface area contributed by atoms with Crippen molar-refractivity contribution in [2.24, 2.45) is 0 Å². The number of carbonyl (C=O) groups is 1. The van der Waals surface area contributed by atoms with E-state index in [1.165, 1.54) is 0 Å². The summed E-state index contributed by atoms with van der Waals surface area (Å²) in [6.07, 6.45) is 2.24. The number of benzene rings is 2. The Morgan fingerprint density at radius 3 is 2.58 bits per heavy atom. The number of aromatic amines is 1. The predicted octanol–water partition coefficient (Wildman–Crippen LogP) is 5.04. The van der Waals surface area contributed by atoms with Crippen LogP contribution in [0, 0.1) is 0 Å². The highest BCUT2D eigenvalue weighted by molar-refractivity contribution is 6.10. The Labute approximate surface area is 192 Å². The third-order valence-electron chi connectivity index (χ3n) is 6.01. The molecule has 0 spiro atoms. The fourth-order valence-corrected chi connectivity index (χ4v) is 4.42. The number of nitrogens with one attached hydrogen (secondary N) is 1. The summed E-state index contributed by atoms with van der Waals surface area (Å²) in [5, 5.41) is 11.6. The van der Waals surface area contributed by atoms with Crippen LogP contribution in [0.5, 0.6) is 5.75 Å². The number of fused-ring (bicyclic) bond motifs is 1. The van der Waals surface area contributed by atoms with Gasteiger partial charge in [-0.3, -0.25) is 14.8 Å². The van der Waals surface area contributed by atoms with Crippen LogP contribution in [0.4, 0.5) is 5.69 Å². The Kier molecular flexibility index (Phi) is 5.04. The van der Waals surface area contributed by atoms with Gasteiger partial charge in [0.05, 0.1) is 18.8 Å². The molecular weight excluding hydrogens is 416 g/mol. The monoisotopic (exact) mass is 442 g/mol. The van der Waals surface area contributed by atoms with Crippen molar-refractivity contribution in [1.82, 2.24) is 15.4 Å². The molecule has 3 heterocycles. The van der Waals surface area contributed by atoms with Crippen LogP contribution in [0.2, 0.25) is 0 Å². The zero-order valence-corrected chi connectivity index (χ0v) is 19.1. The van der Waals surface area contributed by atoms with E-state index in [1.807, 2.05) is 59.5 Å². The molecule has 0 radical (unpaired) electrons. The molecule has 1 unspecified atom stereocenters. The highest BCUT2D eigenvalue weighted by atomic mass is 16.5. The summed E-state index contributed by atoms with van der Waals surface area (Å²) in [5.41, 5.74) is 5.90. The van der Waals surface area contributed by atoms with Gasteiger partial charge in [-0.1, -0.05) is 50.2 Å². The minimum Gasteiger partial charge on any atom is -0.497 e. The van der Waals surface area contributed by atoms with Crippen molar-refractivity contribution >= 4 is 11.6 Å². The molecule has 168 valence electrons. The molecule has 1 aliphatic rings. The summed E-state index contributed by atoms with van der Waals surface area (Å²) in [6.45, 7) is 6.36. The smallest absolute Gasteiger partial charge is 0.280 e. The van der Waals surface area contributed by atoms with Crippen molar-refractivity contribution in [2.75, 3.05) is 12.0 Å². The zero-order chi connectivity index (χ0) is 23.2. The third kappa shape index (κ3) is 3.69. The Hall–Kier alpha value is -3.87. The van der Waals surface area contributed by atoms with Crippen LogP contribution in [-0.2, 0) is 11.8 Å². The lowest BCUT2D eigenvalue weighted by molar-refractivity contribution is 0.0988. The molecule has 2 aromatic heterocycles. The third-order valence-corrected chi connectivity index (χ3v) is 6.01. The average molecular weight is 443 g/mol. The first kappa shape index (κ1) is 21.0. The van der Waals surface area contributed by atoms with Crippen molar-refractivity contribution < 1.29 is 14.1 Å². The minimum absolute atomic E-state index is 0.117. The second-order valence-electron chi connectivity index (χ2n) is 9.30. The highest BCUT2D eigenvalue weighted by Gasteiger charge is 2.44. The molecule has 1 N–H and O–H groups in total. The van der Waals surface area contributed by atoms with Gasteiger partial charge >= 0.3 is 0 Å². The quantitative estimate of drug-likeness (QED) is 0.468. The van der Waals surface area contributed by atoms with E-state index in [9.17, 15) is 4.79 Å². The number of anilines is 1. The van der Waals surface area contributed by atoms with E-state index in [2.05, 4.69) is 36.1 Å². The summed E-state index contributed by atoms with van der Waals surface area (Å²) in [5.74, 6) is 0.630. The van der Waals surface area contributed by atoms with Gasteiger partial charge in [0.15, 0.2) is 5.69 Å². The fraction of sp³-hybridized carbons (Fsp3) is 0.269. The number of hydrogen-bond acceptors (Lipinski definition) is 5. The number of hydrogen-bond donors (Lipinski definition) is 1. The zero-order valence-electron chi connectivity index (χ0n) is 19.1. The van der Waals surface area contributed by atoms with Gasteiger partial charge in [-0.25, -0.2) is 0 Å². The van der Waals surface area contributed by atoms with Gasteiger partial charge in [-0.15, -0.1) is 0 Å². The van der Waals surface area contributed by atoms with Crippen LogP contribution in [0.25, 0.3) is 0 Å². The van der Waals surface area contributed by atoms with Crippen LogP contribution in [0.1, 0.15) is 65.4 Å². The van der Waals surface area contributed by atoms with Crippen molar-refractivity contribution in [2.45, 2.75) is 38.6 Å². The molecule has 0 aliphatic carbocycles. The number of ether oxygens (including phenoxy) is 1. The molecule has 2 aromatic carbocycles. The molecule has 7 heteroatoms. The lowest BCUT2D eigenvalue weighted by atomic mass is 9.85. The Bertz CT molecular complexity index is 1280. The fourth-order valence-electron chi connectivity index (χ4n) is 4.42. The van der Waals surface area contributed by atoms with Crippen LogP contribution in [0.15, 0.2) is 65.4 Å². The molecule has 4 aromatic rings. The summed E-state index contributed by atoms with van der Waals surface area (Å²) in [4.78, 5) is 15.4. The molecule has 0 fully saturated rings. The maximum Gasteiger partial charge on any atom is 0.280 e. The lowest BCUT2D eigenvalue weighted by Gasteiger charge is -2.29. The molecule has 5 rings (SSSR count). The molecule has 1 atom stereocenters. The topological polar surface area (TPSA) is 84.2 Å². The second-order valence-corrected chi connectivity index (χ2v) is 9.30. The van der Waals surface area contributed by atoms with Crippen molar-refractivity contribution in [3.63, 3.8) is 0 Å². The molecule has 7 nitrogen and oxygen atoms in total. The van der Waals surface area contributed by atoms with Crippen LogP contribution in [-0.4, -0.2) is 28.4 Å². The predicted molar refractivity (Wildman–Crippen MR) is 125 cm³/mol. The summed E-state index contributed by atoms with van der Waals surface area (Å²) >= 11 is 0. The van der Waals surface area contributed by atoms with Gasteiger partial charge in [0.25, 0.3) is 5.91 Å². The van der Waals surface area contributed by atoms with E-state index in [0.29, 0.717) is 12.1 Å². The SMILES string of the molecule is COc1cccc(C2c3c(n[nH]c3C(C)(C)C)C(=O)N2c2ccc(Cc3ccon3)cc2)c1. The standard InChI is InChI=1S/C26H26N4O3/c1-26(2,3)24-21-22(27-28-24)25(31)30(23(21)17-6-5-7-20(15-17)32-4)19-10-8-16(9-11-19)14-18-12-13-33-29-18/h5-13,15,23H,14H2,1-4H3,(H,27,28). The van der Waals surface area contributed by atoms with Gasteiger partial charge in [-0.05, 0) is 35.4 Å². The number of H-pyrrole nitrogens is 1. The minimum atomic E-state index is -0.308. The molecule has 33 heavy (non-hydrogen) atoms. The first-order valence-corrected chi connectivity index (χ1v) is 10.9. The van der Waals surface area contributed by atoms with E-state index in [-0.39, 0.29) is 17.4 Å². The number of nitrogens with zero attached hydrogens (tertiary/aromatic N) is 3. The number of carbonyl (C=O) groups excluding carboxylic acids is 1. The second kappa shape index (κ2) is 7.92. The van der Waals surface area contributed by atoms with E-state index in [4.69, 9.17) is 9.26 Å². The Balaban J connectivity index is 1.59. The van der Waals surface area contributed by atoms with Crippen LogP contribution in [0.3, 0.4) is 0 Å². The lowest BCUT2D eigenvalue weighted by Crippen LogP contribution is -2.30. The van der Waals surface area contributed by atoms with Crippen molar-refractivity contribution in [3.8, 4) is 5.75 Å².